The third kappa shape index (κ3) is 8.17. The molecule has 0 bridgehead atoms. The molecule has 0 saturated carbocycles. The predicted octanol–water partition coefficient (Wildman–Crippen LogP) is 6.61. The molecule has 0 radical (unpaired) electrons. The van der Waals surface area contributed by atoms with Gasteiger partial charge >= 0.3 is 0 Å². The Morgan fingerprint density at radius 2 is 1.71 bits per heavy atom. The van der Waals surface area contributed by atoms with E-state index in [1.807, 2.05) is 43.9 Å². The summed E-state index contributed by atoms with van der Waals surface area (Å²) in [6, 6.07) is 14.1. The third-order valence-corrected chi connectivity index (χ3v) is 4.99. The van der Waals surface area contributed by atoms with Crippen LogP contribution in [0, 0.1) is 12.8 Å². The average Bonchev–Trinajstić information content (AvgIpc) is 3.17. The first kappa shape index (κ1) is 29.2. The fourth-order valence-corrected chi connectivity index (χ4v) is 3.61. The van der Waals surface area contributed by atoms with E-state index in [9.17, 15) is 4.79 Å². The van der Waals surface area contributed by atoms with Crippen molar-refractivity contribution < 1.29 is 4.79 Å². The van der Waals surface area contributed by atoms with Gasteiger partial charge in [0.25, 0.3) is 5.91 Å². The molecule has 34 heavy (non-hydrogen) atoms. The van der Waals surface area contributed by atoms with Gasteiger partial charge in [0.15, 0.2) is 0 Å². The number of fused-ring (bicyclic) bond motifs is 1. The summed E-state index contributed by atoms with van der Waals surface area (Å²) in [6.45, 7) is 19.6. The van der Waals surface area contributed by atoms with Crippen molar-refractivity contribution in [3.63, 3.8) is 0 Å². The Hall–Kier alpha value is -2.86. The largest absolute Gasteiger partial charge is 0.338 e. The summed E-state index contributed by atoms with van der Waals surface area (Å²) in [5, 5.41) is 3.41. The van der Waals surface area contributed by atoms with Crippen molar-refractivity contribution in [1.82, 2.24) is 14.5 Å². The number of nitrogens with zero attached hydrogens (tertiary/aromatic N) is 3. The standard InChI is InChI=1S/C24H32N4O.C2H7N.C2H6/c1-6-14-27(16-17(3)4)23(29)19-10-13-21-22(15-19)28(7-2)24(26-21)25-20-11-8-18(5)9-12-20;1-2-3;1-2/h8-13,15,17H,6-7,14,16H2,1-5H3,(H,25,26);2-3H2,1H3;1-2H3. The van der Waals surface area contributed by atoms with Crippen molar-refractivity contribution in [2.45, 2.75) is 68.4 Å². The molecular formula is C28H45N5O. The smallest absolute Gasteiger partial charge is 0.253 e. The molecule has 0 spiro atoms. The maximum absolute atomic E-state index is 13.1. The molecule has 0 aliphatic heterocycles. The van der Waals surface area contributed by atoms with Crippen LogP contribution in [0.3, 0.4) is 0 Å². The molecule has 0 unspecified atom stereocenters. The number of carbonyl (C=O) groups excluding carboxylic acids is 1. The minimum Gasteiger partial charge on any atom is -0.338 e. The summed E-state index contributed by atoms with van der Waals surface area (Å²) in [7, 11) is 0. The zero-order chi connectivity index (χ0) is 25.7. The van der Waals surface area contributed by atoms with Gasteiger partial charge in [-0.05, 0) is 63.1 Å². The zero-order valence-corrected chi connectivity index (χ0v) is 22.5. The first-order valence-electron chi connectivity index (χ1n) is 12.7. The Labute approximate surface area is 206 Å². The maximum Gasteiger partial charge on any atom is 0.253 e. The predicted molar refractivity (Wildman–Crippen MR) is 147 cm³/mol. The van der Waals surface area contributed by atoms with Crippen LogP contribution < -0.4 is 11.1 Å². The van der Waals surface area contributed by atoms with E-state index in [1.165, 1.54) is 5.56 Å². The number of rotatable bonds is 8. The lowest BCUT2D eigenvalue weighted by molar-refractivity contribution is 0.0736. The number of nitrogens with two attached hydrogens (primary N) is 1. The number of nitrogens with one attached hydrogen (secondary N) is 1. The van der Waals surface area contributed by atoms with Gasteiger partial charge in [-0.15, -0.1) is 0 Å². The van der Waals surface area contributed by atoms with E-state index < -0.39 is 0 Å². The summed E-state index contributed by atoms with van der Waals surface area (Å²) >= 11 is 0. The van der Waals surface area contributed by atoms with Crippen LogP contribution in [0.2, 0.25) is 0 Å². The van der Waals surface area contributed by atoms with Crippen molar-refractivity contribution in [1.29, 1.82) is 0 Å². The van der Waals surface area contributed by atoms with E-state index in [4.69, 9.17) is 10.7 Å². The van der Waals surface area contributed by atoms with Crippen molar-refractivity contribution in [2.75, 3.05) is 25.0 Å². The highest BCUT2D eigenvalue weighted by atomic mass is 16.2. The van der Waals surface area contributed by atoms with E-state index in [0.717, 1.165) is 60.8 Å². The van der Waals surface area contributed by atoms with Gasteiger partial charge in [-0.1, -0.05) is 59.2 Å². The molecule has 0 aliphatic rings. The molecule has 3 N–H and O–H groups in total. The quantitative estimate of drug-likeness (QED) is 0.391. The van der Waals surface area contributed by atoms with E-state index >= 15 is 0 Å². The molecule has 3 aromatic rings. The minimum absolute atomic E-state index is 0.0966. The molecule has 1 amide bonds. The second kappa shape index (κ2) is 15.1. The van der Waals surface area contributed by atoms with Gasteiger partial charge in [0.1, 0.15) is 0 Å². The highest BCUT2D eigenvalue weighted by Crippen LogP contribution is 2.25. The number of aromatic nitrogens is 2. The van der Waals surface area contributed by atoms with Crippen LogP contribution in [0.1, 0.15) is 70.8 Å². The highest BCUT2D eigenvalue weighted by molar-refractivity contribution is 5.98. The Bertz CT molecular complexity index is 992. The van der Waals surface area contributed by atoms with Crippen molar-refractivity contribution in [3.05, 3.63) is 53.6 Å². The summed E-state index contributed by atoms with van der Waals surface area (Å²) in [5.41, 5.74) is 9.67. The summed E-state index contributed by atoms with van der Waals surface area (Å²) in [4.78, 5) is 19.8. The second-order valence-corrected chi connectivity index (χ2v) is 8.43. The van der Waals surface area contributed by atoms with Gasteiger partial charge in [0.2, 0.25) is 5.95 Å². The number of hydrogen-bond donors (Lipinski definition) is 2. The number of imidazole rings is 1. The fraction of sp³-hybridized carbons (Fsp3) is 0.500. The van der Waals surface area contributed by atoms with Crippen LogP contribution in [-0.4, -0.2) is 40.0 Å². The van der Waals surface area contributed by atoms with Crippen LogP contribution in [0.25, 0.3) is 11.0 Å². The van der Waals surface area contributed by atoms with Gasteiger partial charge in [0, 0.05) is 30.9 Å². The normalized spacial score (nSPS) is 10.3. The van der Waals surface area contributed by atoms with E-state index in [1.54, 1.807) is 0 Å². The Balaban J connectivity index is 0.00000107. The average molecular weight is 468 g/mol. The van der Waals surface area contributed by atoms with E-state index in [-0.39, 0.29) is 5.91 Å². The van der Waals surface area contributed by atoms with Crippen molar-refractivity contribution in [2.24, 2.45) is 11.7 Å². The molecule has 0 atom stereocenters. The number of amides is 1. The number of carbonyl (C=O) groups is 1. The Morgan fingerprint density at radius 1 is 1.09 bits per heavy atom. The number of aryl methyl sites for hydroxylation is 2. The molecule has 0 aliphatic carbocycles. The molecule has 1 heterocycles. The minimum atomic E-state index is 0.0966. The van der Waals surface area contributed by atoms with Gasteiger partial charge in [-0.3, -0.25) is 4.79 Å². The number of anilines is 2. The summed E-state index contributed by atoms with van der Waals surface area (Å²) in [5.74, 6) is 1.34. The molecular weight excluding hydrogens is 422 g/mol. The van der Waals surface area contributed by atoms with Crippen LogP contribution in [0.4, 0.5) is 11.6 Å². The van der Waals surface area contributed by atoms with Crippen LogP contribution >= 0.6 is 0 Å². The lowest BCUT2D eigenvalue weighted by Crippen LogP contribution is -2.34. The van der Waals surface area contributed by atoms with Crippen LogP contribution in [0.15, 0.2) is 42.5 Å². The molecule has 1 aromatic heterocycles. The first-order chi connectivity index (χ1) is 16.3. The lowest BCUT2D eigenvalue weighted by Gasteiger charge is -2.24. The van der Waals surface area contributed by atoms with Gasteiger partial charge < -0.3 is 20.5 Å². The van der Waals surface area contributed by atoms with E-state index in [2.05, 4.69) is 68.8 Å². The zero-order valence-electron chi connectivity index (χ0n) is 22.5. The third-order valence-electron chi connectivity index (χ3n) is 4.99. The first-order valence-corrected chi connectivity index (χ1v) is 12.7. The monoisotopic (exact) mass is 467 g/mol. The molecule has 6 heteroatoms. The van der Waals surface area contributed by atoms with Gasteiger partial charge in [-0.2, -0.15) is 0 Å². The number of benzene rings is 2. The Morgan fingerprint density at radius 3 is 2.24 bits per heavy atom. The van der Waals surface area contributed by atoms with Crippen molar-refractivity contribution >= 4 is 28.6 Å². The molecule has 3 rings (SSSR count). The number of hydrogen-bond acceptors (Lipinski definition) is 4. The highest BCUT2D eigenvalue weighted by Gasteiger charge is 2.18. The Kier molecular flexibility index (Phi) is 13.0. The topological polar surface area (TPSA) is 76.2 Å². The van der Waals surface area contributed by atoms with Gasteiger partial charge in [-0.25, -0.2) is 4.98 Å². The lowest BCUT2D eigenvalue weighted by atomic mass is 10.1. The van der Waals surface area contributed by atoms with Crippen molar-refractivity contribution in [3.8, 4) is 0 Å². The summed E-state index contributed by atoms with van der Waals surface area (Å²) in [6.07, 6.45) is 0.957. The van der Waals surface area contributed by atoms with Crippen LogP contribution in [0.5, 0.6) is 0 Å². The van der Waals surface area contributed by atoms with Gasteiger partial charge in [0.05, 0.1) is 11.0 Å². The molecule has 188 valence electrons. The molecule has 0 fully saturated rings. The fourth-order valence-electron chi connectivity index (χ4n) is 3.61. The molecule has 0 saturated heterocycles. The summed E-state index contributed by atoms with van der Waals surface area (Å²) < 4.78 is 2.12. The maximum atomic E-state index is 13.1. The SMILES string of the molecule is CC.CCCN(CC(C)C)C(=O)c1ccc2nc(Nc3ccc(C)cc3)n(CC)c2c1.CCN. The molecule has 6 nitrogen and oxygen atoms in total. The van der Waals surface area contributed by atoms with Crippen LogP contribution in [-0.2, 0) is 6.54 Å². The molecule has 2 aromatic carbocycles. The second-order valence-electron chi connectivity index (χ2n) is 8.43. The van der Waals surface area contributed by atoms with E-state index in [0.29, 0.717) is 5.92 Å².